The zero-order chi connectivity index (χ0) is 17.7. The molecule has 24 heavy (non-hydrogen) atoms. The summed E-state index contributed by atoms with van der Waals surface area (Å²) in [4.78, 5) is 39.7. The standard InChI is InChI=1S/C12H11N7O5/c1-13-10-9(19(23)24)11(15-6-14-10)16-17-12(20)7-2-4-8(5-3-7)18(21)22/h2-6H,1H3,(H,17,20)(H2,13,14,15,16). The van der Waals surface area contributed by atoms with Crippen LogP contribution in [0.3, 0.4) is 0 Å². The van der Waals surface area contributed by atoms with Crippen LogP contribution in [0.4, 0.5) is 23.0 Å². The first kappa shape index (κ1) is 16.5. The maximum absolute atomic E-state index is 12.0. The van der Waals surface area contributed by atoms with Crippen LogP contribution in [-0.4, -0.2) is 32.8 Å². The van der Waals surface area contributed by atoms with Crippen molar-refractivity contribution >= 4 is 28.9 Å². The summed E-state index contributed by atoms with van der Waals surface area (Å²) >= 11 is 0. The van der Waals surface area contributed by atoms with Gasteiger partial charge < -0.3 is 5.32 Å². The van der Waals surface area contributed by atoms with Crippen LogP contribution in [-0.2, 0) is 0 Å². The summed E-state index contributed by atoms with van der Waals surface area (Å²) in [5, 5.41) is 24.2. The Morgan fingerprint density at radius 2 is 1.67 bits per heavy atom. The molecule has 0 aliphatic rings. The number of non-ortho nitro benzene ring substituents is 1. The molecule has 0 saturated carbocycles. The van der Waals surface area contributed by atoms with Crippen LogP contribution in [0.2, 0.25) is 0 Å². The molecule has 1 heterocycles. The SMILES string of the molecule is CNc1ncnc(NNC(=O)c2ccc([N+](=O)[O-])cc2)c1[N+](=O)[O-]. The van der Waals surface area contributed by atoms with Gasteiger partial charge in [-0.3, -0.25) is 35.9 Å². The molecule has 0 fully saturated rings. The van der Waals surface area contributed by atoms with E-state index in [9.17, 15) is 25.0 Å². The van der Waals surface area contributed by atoms with Crippen LogP contribution in [0.25, 0.3) is 0 Å². The maximum Gasteiger partial charge on any atom is 0.354 e. The number of amides is 1. The lowest BCUT2D eigenvalue weighted by atomic mass is 10.2. The lowest BCUT2D eigenvalue weighted by Crippen LogP contribution is -2.30. The van der Waals surface area contributed by atoms with E-state index in [-0.39, 0.29) is 22.9 Å². The highest BCUT2D eigenvalue weighted by molar-refractivity contribution is 5.95. The normalized spacial score (nSPS) is 9.88. The van der Waals surface area contributed by atoms with Gasteiger partial charge in [0.1, 0.15) is 6.33 Å². The molecule has 0 radical (unpaired) electrons. The number of nitro groups is 2. The van der Waals surface area contributed by atoms with Gasteiger partial charge in [-0.25, -0.2) is 9.97 Å². The predicted octanol–water partition coefficient (Wildman–Crippen LogP) is 1.09. The van der Waals surface area contributed by atoms with Crippen molar-refractivity contribution in [2.45, 2.75) is 0 Å². The molecular formula is C12H11N7O5. The average Bonchev–Trinajstić information content (AvgIpc) is 2.59. The third-order valence-corrected chi connectivity index (χ3v) is 2.88. The van der Waals surface area contributed by atoms with Crippen LogP contribution >= 0.6 is 0 Å². The first-order valence-corrected chi connectivity index (χ1v) is 6.42. The van der Waals surface area contributed by atoms with Gasteiger partial charge in [-0.1, -0.05) is 0 Å². The first-order chi connectivity index (χ1) is 11.4. The van der Waals surface area contributed by atoms with E-state index in [1.54, 1.807) is 0 Å². The molecule has 0 unspecified atom stereocenters. The van der Waals surface area contributed by atoms with E-state index in [1.807, 2.05) is 0 Å². The fourth-order valence-corrected chi connectivity index (χ4v) is 1.75. The van der Waals surface area contributed by atoms with Gasteiger partial charge in [0, 0.05) is 24.7 Å². The van der Waals surface area contributed by atoms with Crippen molar-refractivity contribution in [3.8, 4) is 0 Å². The number of aromatic nitrogens is 2. The molecule has 0 aliphatic carbocycles. The Balaban J connectivity index is 2.14. The molecule has 1 aromatic heterocycles. The van der Waals surface area contributed by atoms with Gasteiger partial charge in [0.2, 0.25) is 11.6 Å². The average molecular weight is 333 g/mol. The quantitative estimate of drug-likeness (QED) is 0.518. The van der Waals surface area contributed by atoms with Crippen LogP contribution in [0.1, 0.15) is 10.4 Å². The molecule has 2 rings (SSSR count). The molecule has 2 aromatic rings. The van der Waals surface area contributed by atoms with E-state index in [1.165, 1.54) is 31.3 Å². The fraction of sp³-hybridized carbons (Fsp3) is 0.0833. The Hall–Kier alpha value is -3.83. The number of nitrogens with one attached hydrogen (secondary N) is 3. The molecule has 0 aliphatic heterocycles. The second kappa shape index (κ2) is 6.95. The number of carbonyl (C=O) groups excluding carboxylic acids is 1. The number of nitro benzene ring substituents is 1. The van der Waals surface area contributed by atoms with Crippen LogP contribution in [0.15, 0.2) is 30.6 Å². The number of benzene rings is 1. The van der Waals surface area contributed by atoms with Gasteiger partial charge in [0.05, 0.1) is 9.85 Å². The number of nitrogens with zero attached hydrogens (tertiary/aromatic N) is 4. The molecular weight excluding hydrogens is 322 g/mol. The van der Waals surface area contributed by atoms with Crippen molar-refractivity contribution in [1.29, 1.82) is 0 Å². The monoisotopic (exact) mass is 333 g/mol. The second-order valence-corrected chi connectivity index (χ2v) is 4.31. The Kier molecular flexibility index (Phi) is 4.79. The van der Waals surface area contributed by atoms with Gasteiger partial charge in [0.15, 0.2) is 0 Å². The van der Waals surface area contributed by atoms with Crippen molar-refractivity contribution in [3.63, 3.8) is 0 Å². The summed E-state index contributed by atoms with van der Waals surface area (Å²) in [5.74, 6) is -0.888. The highest BCUT2D eigenvalue weighted by atomic mass is 16.6. The number of hydrogen-bond acceptors (Lipinski definition) is 9. The van der Waals surface area contributed by atoms with Gasteiger partial charge in [-0.2, -0.15) is 0 Å². The zero-order valence-electron chi connectivity index (χ0n) is 12.2. The second-order valence-electron chi connectivity index (χ2n) is 4.31. The van der Waals surface area contributed by atoms with Crippen molar-refractivity contribution in [2.24, 2.45) is 0 Å². The molecule has 124 valence electrons. The van der Waals surface area contributed by atoms with Crippen molar-refractivity contribution < 1.29 is 14.6 Å². The van der Waals surface area contributed by atoms with Crippen LogP contribution < -0.4 is 16.2 Å². The minimum atomic E-state index is -0.702. The van der Waals surface area contributed by atoms with E-state index >= 15 is 0 Å². The topological polar surface area (TPSA) is 165 Å². The third kappa shape index (κ3) is 3.49. The highest BCUT2D eigenvalue weighted by Gasteiger charge is 2.22. The largest absolute Gasteiger partial charge is 0.367 e. The van der Waals surface area contributed by atoms with E-state index in [0.717, 1.165) is 6.33 Å². The maximum atomic E-state index is 12.0. The molecule has 12 nitrogen and oxygen atoms in total. The van der Waals surface area contributed by atoms with Gasteiger partial charge in [-0.05, 0) is 12.1 Å². The van der Waals surface area contributed by atoms with Crippen molar-refractivity contribution in [3.05, 3.63) is 56.4 Å². The number of hydrazine groups is 1. The minimum absolute atomic E-state index is 0.0258. The summed E-state index contributed by atoms with van der Waals surface area (Å²) in [5.41, 5.74) is 4.09. The Labute approximate surface area is 134 Å². The smallest absolute Gasteiger partial charge is 0.354 e. The first-order valence-electron chi connectivity index (χ1n) is 6.42. The van der Waals surface area contributed by atoms with E-state index in [0.29, 0.717) is 0 Å². The molecule has 0 atom stereocenters. The van der Waals surface area contributed by atoms with E-state index in [4.69, 9.17) is 0 Å². The highest BCUT2D eigenvalue weighted by Crippen LogP contribution is 2.27. The summed E-state index contributed by atoms with van der Waals surface area (Å²) in [6.07, 6.45) is 1.08. The summed E-state index contributed by atoms with van der Waals surface area (Å²) in [7, 11) is 1.45. The van der Waals surface area contributed by atoms with E-state index in [2.05, 4.69) is 26.1 Å². The number of carbonyl (C=O) groups is 1. The lowest BCUT2D eigenvalue weighted by molar-refractivity contribution is -0.384. The predicted molar refractivity (Wildman–Crippen MR) is 82.4 cm³/mol. The third-order valence-electron chi connectivity index (χ3n) is 2.88. The van der Waals surface area contributed by atoms with Crippen LogP contribution in [0.5, 0.6) is 0 Å². The summed E-state index contributed by atoms with van der Waals surface area (Å²) < 4.78 is 0. The Morgan fingerprint density at radius 1 is 1.04 bits per heavy atom. The van der Waals surface area contributed by atoms with Crippen molar-refractivity contribution in [2.75, 3.05) is 17.8 Å². The van der Waals surface area contributed by atoms with Crippen LogP contribution in [0, 0.1) is 20.2 Å². The van der Waals surface area contributed by atoms with Gasteiger partial charge in [-0.15, -0.1) is 0 Å². The summed E-state index contributed by atoms with van der Waals surface area (Å²) in [6.45, 7) is 0. The molecule has 3 N–H and O–H groups in total. The molecule has 1 aromatic carbocycles. The Morgan fingerprint density at radius 3 is 2.21 bits per heavy atom. The van der Waals surface area contributed by atoms with E-state index < -0.39 is 21.4 Å². The number of anilines is 2. The fourth-order valence-electron chi connectivity index (χ4n) is 1.75. The number of rotatable bonds is 6. The minimum Gasteiger partial charge on any atom is -0.367 e. The summed E-state index contributed by atoms with van der Waals surface area (Å²) in [6, 6.07) is 4.84. The molecule has 12 heteroatoms. The van der Waals surface area contributed by atoms with Gasteiger partial charge in [0.25, 0.3) is 11.6 Å². The zero-order valence-corrected chi connectivity index (χ0v) is 12.2. The molecule has 0 bridgehead atoms. The lowest BCUT2D eigenvalue weighted by Gasteiger charge is -2.09. The molecule has 0 spiro atoms. The number of hydrogen-bond donors (Lipinski definition) is 3. The van der Waals surface area contributed by atoms with Crippen molar-refractivity contribution in [1.82, 2.24) is 15.4 Å². The molecule has 0 saturated heterocycles. The Bertz CT molecular complexity index is 793. The molecule has 1 amide bonds. The van der Waals surface area contributed by atoms with Gasteiger partial charge >= 0.3 is 5.69 Å².